The van der Waals surface area contributed by atoms with Gasteiger partial charge in [-0.1, -0.05) is 32.9 Å². The highest BCUT2D eigenvalue weighted by molar-refractivity contribution is 6.02. The largest absolute Gasteiger partial charge is 0.347 e. The first-order valence-electron chi connectivity index (χ1n) is 6.60. The minimum absolute atomic E-state index is 0.0919. The molecular formula is C15H20FN3. The average molecular weight is 261 g/mol. The predicted molar refractivity (Wildman–Crippen MR) is 77.1 cm³/mol. The summed E-state index contributed by atoms with van der Waals surface area (Å²) in [5.41, 5.74) is 2.19. The molecule has 1 heterocycles. The van der Waals surface area contributed by atoms with Crippen LogP contribution in [0.15, 0.2) is 34.3 Å². The van der Waals surface area contributed by atoms with E-state index in [2.05, 4.69) is 36.1 Å². The fraction of sp³-hybridized carbons (Fsp3) is 0.467. The first-order chi connectivity index (χ1) is 9.02. The molecule has 3 nitrogen and oxygen atoms in total. The van der Waals surface area contributed by atoms with E-state index in [-0.39, 0.29) is 17.8 Å². The third-order valence-corrected chi connectivity index (χ3v) is 3.52. The number of hydrogen-bond acceptors (Lipinski definition) is 1. The van der Waals surface area contributed by atoms with Crippen LogP contribution in [0.2, 0.25) is 0 Å². The Morgan fingerprint density at radius 3 is 2.42 bits per heavy atom. The van der Waals surface area contributed by atoms with Crippen molar-refractivity contribution in [1.82, 2.24) is 5.32 Å². The Morgan fingerprint density at radius 1 is 1.26 bits per heavy atom. The molecule has 2 atom stereocenters. The number of aliphatic imine (C=N–C) groups is 2. The summed E-state index contributed by atoms with van der Waals surface area (Å²) in [7, 11) is 1.72. The van der Waals surface area contributed by atoms with E-state index in [0.717, 1.165) is 11.3 Å². The van der Waals surface area contributed by atoms with Crippen molar-refractivity contribution in [1.29, 1.82) is 0 Å². The van der Waals surface area contributed by atoms with Crippen LogP contribution < -0.4 is 5.32 Å². The highest BCUT2D eigenvalue weighted by Crippen LogP contribution is 2.29. The molecular weight excluding hydrogens is 241 g/mol. The SMILES string of the molecule is CN=C1N=C(C(C)C)C(C)C(c2ccc(F)cc2)N1. The minimum atomic E-state index is -0.214. The fourth-order valence-electron chi connectivity index (χ4n) is 2.50. The Morgan fingerprint density at radius 2 is 1.89 bits per heavy atom. The van der Waals surface area contributed by atoms with E-state index in [0.29, 0.717) is 11.9 Å². The maximum Gasteiger partial charge on any atom is 0.218 e. The van der Waals surface area contributed by atoms with Crippen LogP contribution in [-0.2, 0) is 0 Å². The van der Waals surface area contributed by atoms with Crippen LogP contribution in [0.3, 0.4) is 0 Å². The molecule has 2 rings (SSSR count). The Kier molecular flexibility index (Phi) is 3.98. The third-order valence-electron chi connectivity index (χ3n) is 3.52. The molecule has 0 amide bonds. The molecule has 4 heteroatoms. The van der Waals surface area contributed by atoms with Crippen LogP contribution in [0.5, 0.6) is 0 Å². The standard InChI is InChI=1S/C15H20FN3/c1-9(2)13-10(3)14(19-15(17-4)18-13)11-5-7-12(16)8-6-11/h5-10,14H,1-4H3,(H,17,19). The summed E-state index contributed by atoms with van der Waals surface area (Å²) in [6.45, 7) is 6.41. The maximum absolute atomic E-state index is 13.0. The Balaban J connectivity index is 2.37. The van der Waals surface area contributed by atoms with Crippen molar-refractivity contribution < 1.29 is 4.39 Å². The molecule has 1 aliphatic heterocycles. The lowest BCUT2D eigenvalue weighted by atomic mass is 9.85. The van der Waals surface area contributed by atoms with E-state index >= 15 is 0 Å². The average Bonchev–Trinajstić information content (AvgIpc) is 2.40. The summed E-state index contributed by atoms with van der Waals surface area (Å²) in [4.78, 5) is 8.71. The summed E-state index contributed by atoms with van der Waals surface area (Å²) in [6.07, 6.45) is 0. The lowest BCUT2D eigenvalue weighted by Crippen LogP contribution is -2.42. The molecule has 0 spiro atoms. The van der Waals surface area contributed by atoms with Gasteiger partial charge in [0.05, 0.1) is 6.04 Å². The minimum Gasteiger partial charge on any atom is -0.347 e. The molecule has 0 fully saturated rings. The zero-order valence-electron chi connectivity index (χ0n) is 11.8. The highest BCUT2D eigenvalue weighted by Gasteiger charge is 2.30. The van der Waals surface area contributed by atoms with Gasteiger partial charge in [0.15, 0.2) is 0 Å². The molecule has 0 aliphatic carbocycles. The first-order valence-corrected chi connectivity index (χ1v) is 6.60. The van der Waals surface area contributed by atoms with E-state index in [1.54, 1.807) is 7.05 Å². The van der Waals surface area contributed by atoms with E-state index < -0.39 is 0 Å². The number of nitrogens with one attached hydrogen (secondary N) is 1. The van der Waals surface area contributed by atoms with Crippen LogP contribution in [0.1, 0.15) is 32.4 Å². The molecule has 0 saturated carbocycles. The van der Waals surface area contributed by atoms with Gasteiger partial charge in [0.2, 0.25) is 5.96 Å². The lowest BCUT2D eigenvalue weighted by Gasteiger charge is -2.33. The maximum atomic E-state index is 13.0. The van der Waals surface area contributed by atoms with E-state index in [9.17, 15) is 4.39 Å². The van der Waals surface area contributed by atoms with Crippen molar-refractivity contribution in [2.45, 2.75) is 26.8 Å². The second-order valence-electron chi connectivity index (χ2n) is 5.20. The molecule has 0 radical (unpaired) electrons. The molecule has 102 valence electrons. The number of benzene rings is 1. The molecule has 1 N–H and O–H groups in total. The van der Waals surface area contributed by atoms with Crippen LogP contribution in [0.4, 0.5) is 4.39 Å². The molecule has 0 bridgehead atoms. The third kappa shape index (κ3) is 2.83. The van der Waals surface area contributed by atoms with Crippen molar-refractivity contribution in [2.75, 3.05) is 7.05 Å². The molecule has 2 unspecified atom stereocenters. The topological polar surface area (TPSA) is 36.8 Å². The monoisotopic (exact) mass is 261 g/mol. The summed E-state index contributed by atoms with van der Waals surface area (Å²) in [6, 6.07) is 6.72. The summed E-state index contributed by atoms with van der Waals surface area (Å²) in [5.74, 6) is 1.07. The zero-order chi connectivity index (χ0) is 14.0. The number of halogens is 1. The molecule has 0 aromatic heterocycles. The smallest absolute Gasteiger partial charge is 0.218 e. The van der Waals surface area contributed by atoms with Crippen LogP contribution in [0.25, 0.3) is 0 Å². The van der Waals surface area contributed by atoms with Gasteiger partial charge in [-0.2, -0.15) is 0 Å². The van der Waals surface area contributed by atoms with E-state index in [4.69, 9.17) is 0 Å². The quantitative estimate of drug-likeness (QED) is 0.872. The van der Waals surface area contributed by atoms with E-state index in [1.165, 1.54) is 12.1 Å². The van der Waals surface area contributed by atoms with Crippen molar-refractivity contribution in [3.8, 4) is 0 Å². The first kappa shape index (κ1) is 13.7. The lowest BCUT2D eigenvalue weighted by molar-refractivity contribution is 0.508. The van der Waals surface area contributed by atoms with Gasteiger partial charge >= 0.3 is 0 Å². The van der Waals surface area contributed by atoms with Gasteiger partial charge in [0.25, 0.3) is 0 Å². The second kappa shape index (κ2) is 5.51. The summed E-state index contributed by atoms with van der Waals surface area (Å²) >= 11 is 0. The zero-order valence-corrected chi connectivity index (χ0v) is 11.8. The van der Waals surface area contributed by atoms with Crippen LogP contribution >= 0.6 is 0 Å². The second-order valence-corrected chi connectivity index (χ2v) is 5.20. The summed E-state index contributed by atoms with van der Waals surface area (Å²) in [5, 5.41) is 3.31. The molecule has 1 aromatic carbocycles. The van der Waals surface area contributed by atoms with Gasteiger partial charge < -0.3 is 5.32 Å². The Hall–Kier alpha value is -1.71. The van der Waals surface area contributed by atoms with Gasteiger partial charge in [-0.25, -0.2) is 9.38 Å². The molecule has 1 aliphatic rings. The number of rotatable bonds is 2. The summed E-state index contributed by atoms with van der Waals surface area (Å²) < 4.78 is 13.0. The van der Waals surface area contributed by atoms with Crippen LogP contribution in [-0.4, -0.2) is 18.7 Å². The van der Waals surface area contributed by atoms with Crippen molar-refractivity contribution >= 4 is 11.7 Å². The van der Waals surface area contributed by atoms with Gasteiger partial charge in [-0.15, -0.1) is 0 Å². The Labute approximate surface area is 113 Å². The van der Waals surface area contributed by atoms with Gasteiger partial charge in [0.1, 0.15) is 5.82 Å². The number of guanidine groups is 1. The Bertz CT molecular complexity index is 503. The normalized spacial score (nSPS) is 25.4. The molecule has 0 saturated heterocycles. The van der Waals surface area contributed by atoms with Crippen molar-refractivity contribution in [2.24, 2.45) is 21.8 Å². The van der Waals surface area contributed by atoms with Gasteiger partial charge in [-0.05, 0) is 23.6 Å². The van der Waals surface area contributed by atoms with E-state index in [1.807, 2.05) is 12.1 Å². The number of nitrogens with zero attached hydrogens (tertiary/aromatic N) is 2. The molecule has 19 heavy (non-hydrogen) atoms. The van der Waals surface area contributed by atoms with Gasteiger partial charge in [0, 0.05) is 18.7 Å². The van der Waals surface area contributed by atoms with Crippen LogP contribution in [0, 0.1) is 17.7 Å². The molecule has 1 aromatic rings. The fourth-order valence-corrected chi connectivity index (χ4v) is 2.50. The highest BCUT2D eigenvalue weighted by atomic mass is 19.1. The number of hydrogen-bond donors (Lipinski definition) is 1. The van der Waals surface area contributed by atoms with Crippen molar-refractivity contribution in [3.05, 3.63) is 35.6 Å². The predicted octanol–water partition coefficient (Wildman–Crippen LogP) is 3.19. The van der Waals surface area contributed by atoms with Crippen molar-refractivity contribution in [3.63, 3.8) is 0 Å². The van der Waals surface area contributed by atoms with Gasteiger partial charge in [-0.3, -0.25) is 4.99 Å².